The van der Waals surface area contributed by atoms with E-state index in [2.05, 4.69) is 10.1 Å². The summed E-state index contributed by atoms with van der Waals surface area (Å²) < 4.78 is 51.1. The highest BCUT2D eigenvalue weighted by atomic mass is 19.4. The molecule has 0 aromatic heterocycles. The van der Waals surface area contributed by atoms with E-state index in [9.17, 15) is 18.0 Å². The Morgan fingerprint density at radius 3 is 2.23 bits per heavy atom. The summed E-state index contributed by atoms with van der Waals surface area (Å²) in [4.78, 5) is 12.4. The van der Waals surface area contributed by atoms with Crippen LogP contribution in [0.2, 0.25) is 0 Å². The minimum absolute atomic E-state index is 0.326. The molecule has 0 saturated heterocycles. The standard InChI is InChI=1S/C18H18F3NO4/c1-3-14(25-16-7-5-4-6-15(16)24-2)17(23)22-12-8-10-13(11-9-12)26-18(19,20)21/h4-11,14H,3H2,1-2H3,(H,22,23)/t14-/m1/s1. The maximum Gasteiger partial charge on any atom is 0.573 e. The normalized spacial score (nSPS) is 12.2. The van der Waals surface area contributed by atoms with Gasteiger partial charge in [-0.1, -0.05) is 19.1 Å². The summed E-state index contributed by atoms with van der Waals surface area (Å²) in [5.41, 5.74) is 0.326. The van der Waals surface area contributed by atoms with E-state index in [1.165, 1.54) is 19.2 Å². The van der Waals surface area contributed by atoms with Crippen LogP contribution in [0.5, 0.6) is 17.2 Å². The summed E-state index contributed by atoms with van der Waals surface area (Å²) in [5.74, 6) is 0.119. The largest absolute Gasteiger partial charge is 0.573 e. The highest BCUT2D eigenvalue weighted by molar-refractivity contribution is 5.94. The lowest BCUT2D eigenvalue weighted by atomic mass is 10.2. The molecule has 5 nitrogen and oxygen atoms in total. The van der Waals surface area contributed by atoms with Gasteiger partial charge in [0.2, 0.25) is 0 Å². The van der Waals surface area contributed by atoms with Crippen molar-refractivity contribution in [2.45, 2.75) is 25.8 Å². The molecular formula is C18H18F3NO4. The minimum atomic E-state index is -4.76. The van der Waals surface area contributed by atoms with Gasteiger partial charge in [0.05, 0.1) is 7.11 Å². The van der Waals surface area contributed by atoms with E-state index >= 15 is 0 Å². The average Bonchev–Trinajstić information content (AvgIpc) is 2.60. The molecule has 0 aliphatic rings. The molecule has 0 heterocycles. The van der Waals surface area contributed by atoms with Crippen molar-refractivity contribution in [2.75, 3.05) is 12.4 Å². The Hall–Kier alpha value is -2.90. The first-order valence-corrected chi connectivity index (χ1v) is 7.78. The molecule has 0 saturated carbocycles. The van der Waals surface area contributed by atoms with Gasteiger partial charge in [0.15, 0.2) is 17.6 Å². The van der Waals surface area contributed by atoms with Gasteiger partial charge in [-0.25, -0.2) is 0 Å². The van der Waals surface area contributed by atoms with Crippen molar-refractivity contribution in [1.82, 2.24) is 0 Å². The number of ether oxygens (including phenoxy) is 3. The Kier molecular flexibility index (Phi) is 6.32. The number of para-hydroxylation sites is 2. The molecule has 0 fully saturated rings. The number of anilines is 1. The molecule has 2 rings (SSSR count). The SMILES string of the molecule is CC[C@@H](Oc1ccccc1OC)C(=O)Nc1ccc(OC(F)(F)F)cc1. The van der Waals surface area contributed by atoms with Gasteiger partial charge in [0.25, 0.3) is 5.91 Å². The number of carbonyl (C=O) groups excluding carboxylic acids is 1. The lowest BCUT2D eigenvalue weighted by molar-refractivity contribution is -0.274. The summed E-state index contributed by atoms with van der Waals surface area (Å²) in [6.45, 7) is 1.78. The fourth-order valence-electron chi connectivity index (χ4n) is 2.15. The van der Waals surface area contributed by atoms with Crippen LogP contribution < -0.4 is 19.5 Å². The number of benzene rings is 2. The molecule has 2 aromatic rings. The molecule has 8 heteroatoms. The van der Waals surface area contributed by atoms with E-state index < -0.39 is 18.4 Å². The van der Waals surface area contributed by atoms with Gasteiger partial charge in [-0.05, 0) is 42.8 Å². The van der Waals surface area contributed by atoms with E-state index in [1.54, 1.807) is 31.2 Å². The third-order valence-electron chi connectivity index (χ3n) is 3.36. The van der Waals surface area contributed by atoms with Crippen molar-refractivity contribution in [3.05, 3.63) is 48.5 Å². The van der Waals surface area contributed by atoms with Gasteiger partial charge in [-0.15, -0.1) is 13.2 Å². The lowest BCUT2D eigenvalue weighted by Gasteiger charge is -2.19. The number of hydrogen-bond acceptors (Lipinski definition) is 4. The zero-order chi connectivity index (χ0) is 19.2. The first kappa shape index (κ1) is 19.4. The molecule has 0 spiro atoms. The van der Waals surface area contributed by atoms with Gasteiger partial charge in [-0.3, -0.25) is 4.79 Å². The number of amides is 1. The Bertz CT molecular complexity index is 732. The van der Waals surface area contributed by atoms with E-state index in [-0.39, 0.29) is 5.75 Å². The smallest absolute Gasteiger partial charge is 0.493 e. The second-order valence-corrected chi connectivity index (χ2v) is 5.23. The summed E-state index contributed by atoms with van der Waals surface area (Å²) in [7, 11) is 1.49. The fraction of sp³-hybridized carbons (Fsp3) is 0.278. The van der Waals surface area contributed by atoms with Gasteiger partial charge in [-0.2, -0.15) is 0 Å². The van der Waals surface area contributed by atoms with Crippen LogP contribution in [0.1, 0.15) is 13.3 Å². The molecule has 0 aliphatic heterocycles. The zero-order valence-corrected chi connectivity index (χ0v) is 14.2. The van der Waals surface area contributed by atoms with Crippen LogP contribution in [0.3, 0.4) is 0 Å². The Labute approximate surface area is 148 Å². The molecule has 1 amide bonds. The highest BCUT2D eigenvalue weighted by Gasteiger charge is 2.31. The maximum absolute atomic E-state index is 12.4. The topological polar surface area (TPSA) is 56.8 Å². The molecule has 0 bridgehead atoms. The van der Waals surface area contributed by atoms with Gasteiger partial charge < -0.3 is 19.5 Å². The number of carbonyl (C=O) groups is 1. The fourth-order valence-corrected chi connectivity index (χ4v) is 2.15. The van der Waals surface area contributed by atoms with Crippen LogP contribution in [-0.4, -0.2) is 25.5 Å². The van der Waals surface area contributed by atoms with Gasteiger partial charge in [0, 0.05) is 5.69 Å². The number of halogens is 3. The molecule has 0 radical (unpaired) electrons. The Morgan fingerprint density at radius 2 is 1.69 bits per heavy atom. The van der Waals surface area contributed by atoms with Crippen LogP contribution in [-0.2, 0) is 4.79 Å². The van der Waals surface area contributed by atoms with Crippen molar-refractivity contribution in [3.63, 3.8) is 0 Å². The first-order chi connectivity index (χ1) is 12.3. The minimum Gasteiger partial charge on any atom is -0.493 e. The lowest BCUT2D eigenvalue weighted by Crippen LogP contribution is -2.32. The van der Waals surface area contributed by atoms with Crippen LogP contribution in [0.15, 0.2) is 48.5 Å². The molecule has 0 aliphatic carbocycles. The first-order valence-electron chi connectivity index (χ1n) is 7.78. The van der Waals surface area contributed by atoms with Crippen molar-refractivity contribution in [2.24, 2.45) is 0 Å². The van der Waals surface area contributed by atoms with Crippen LogP contribution in [0.4, 0.5) is 18.9 Å². The van der Waals surface area contributed by atoms with E-state index in [4.69, 9.17) is 9.47 Å². The monoisotopic (exact) mass is 369 g/mol. The summed E-state index contributed by atoms with van der Waals surface area (Å²) in [6.07, 6.45) is -5.17. The van der Waals surface area contributed by atoms with E-state index in [0.29, 0.717) is 23.6 Å². The predicted molar refractivity (Wildman–Crippen MR) is 89.5 cm³/mol. The summed E-state index contributed by atoms with van der Waals surface area (Å²) in [6, 6.07) is 11.8. The predicted octanol–water partition coefficient (Wildman–Crippen LogP) is 4.39. The number of nitrogens with one attached hydrogen (secondary N) is 1. The second-order valence-electron chi connectivity index (χ2n) is 5.23. The Balaban J connectivity index is 2.02. The number of hydrogen-bond donors (Lipinski definition) is 1. The second kappa shape index (κ2) is 8.46. The van der Waals surface area contributed by atoms with E-state index in [1.807, 2.05) is 0 Å². The number of rotatable bonds is 7. The summed E-state index contributed by atoms with van der Waals surface area (Å²) >= 11 is 0. The third kappa shape index (κ3) is 5.58. The molecule has 26 heavy (non-hydrogen) atoms. The zero-order valence-electron chi connectivity index (χ0n) is 14.2. The molecule has 0 unspecified atom stereocenters. The quantitative estimate of drug-likeness (QED) is 0.786. The molecule has 140 valence electrons. The van der Waals surface area contributed by atoms with Crippen molar-refractivity contribution >= 4 is 11.6 Å². The Morgan fingerprint density at radius 1 is 1.08 bits per heavy atom. The van der Waals surface area contributed by atoms with Crippen LogP contribution >= 0.6 is 0 Å². The molecule has 2 aromatic carbocycles. The maximum atomic E-state index is 12.4. The van der Waals surface area contributed by atoms with Gasteiger partial charge in [0.1, 0.15) is 5.75 Å². The highest BCUT2D eigenvalue weighted by Crippen LogP contribution is 2.28. The molecule has 1 atom stereocenters. The average molecular weight is 369 g/mol. The van der Waals surface area contributed by atoms with Crippen LogP contribution in [0, 0.1) is 0 Å². The van der Waals surface area contributed by atoms with Crippen molar-refractivity contribution in [3.8, 4) is 17.2 Å². The van der Waals surface area contributed by atoms with Crippen molar-refractivity contribution in [1.29, 1.82) is 0 Å². The van der Waals surface area contributed by atoms with Crippen LogP contribution in [0.25, 0.3) is 0 Å². The van der Waals surface area contributed by atoms with E-state index in [0.717, 1.165) is 12.1 Å². The number of methoxy groups -OCH3 is 1. The van der Waals surface area contributed by atoms with Crippen molar-refractivity contribution < 1.29 is 32.2 Å². The number of alkyl halides is 3. The summed E-state index contributed by atoms with van der Waals surface area (Å²) in [5, 5.41) is 2.60. The third-order valence-corrected chi connectivity index (χ3v) is 3.36. The van der Waals surface area contributed by atoms with Gasteiger partial charge >= 0.3 is 6.36 Å². The molecular weight excluding hydrogens is 351 g/mol. The molecule has 1 N–H and O–H groups in total.